The van der Waals surface area contributed by atoms with Crippen molar-refractivity contribution in [2.24, 2.45) is 0 Å². The van der Waals surface area contributed by atoms with E-state index >= 15 is 0 Å². The molecular weight excluding hydrogens is 424 g/mol. The summed E-state index contributed by atoms with van der Waals surface area (Å²) < 4.78 is 7.15. The number of benzene rings is 1. The number of fused-ring (bicyclic) bond motifs is 1. The summed E-state index contributed by atoms with van der Waals surface area (Å²) in [6, 6.07) is 10.9. The predicted molar refractivity (Wildman–Crippen MR) is 135 cm³/mol. The van der Waals surface area contributed by atoms with E-state index in [1.165, 1.54) is 38.5 Å². The Bertz CT molecular complexity index is 1110. The van der Waals surface area contributed by atoms with Crippen molar-refractivity contribution in [3.8, 4) is 16.9 Å². The zero-order valence-electron chi connectivity index (χ0n) is 20.5. The molecule has 180 valence electrons. The number of hydrogen-bond donors (Lipinski definition) is 0. The number of amides is 1. The standard InChI is InChI=1S/C28H36N4O2/c1-20-27-25(21-13-15-24(34-2)16-14-21)17-18-29-28(27)31(30-20)19-26(33)32(22-9-5-3-6-10-22)23-11-7-4-8-12-23/h13-18,22-23H,3-12,19H2,1-2H3. The second-order valence-corrected chi connectivity index (χ2v) is 9.91. The summed E-state index contributed by atoms with van der Waals surface area (Å²) in [6.07, 6.45) is 13.9. The molecule has 3 aromatic rings. The lowest BCUT2D eigenvalue weighted by Gasteiger charge is -2.41. The SMILES string of the molecule is COc1ccc(-c2ccnc3c2c(C)nn3CC(=O)N(C2CCCCC2)C2CCCCC2)cc1. The van der Waals surface area contributed by atoms with E-state index in [0.717, 1.165) is 59.3 Å². The number of aromatic nitrogens is 3. The van der Waals surface area contributed by atoms with Crippen LogP contribution < -0.4 is 4.74 Å². The molecule has 5 rings (SSSR count). The molecule has 0 N–H and O–H groups in total. The lowest BCUT2D eigenvalue weighted by molar-refractivity contribution is -0.138. The van der Waals surface area contributed by atoms with E-state index in [0.29, 0.717) is 12.1 Å². The molecule has 1 aromatic carbocycles. The molecule has 0 atom stereocenters. The molecule has 0 unspecified atom stereocenters. The van der Waals surface area contributed by atoms with Gasteiger partial charge >= 0.3 is 0 Å². The fraction of sp³-hybridized carbons (Fsp3) is 0.536. The Labute approximate surface area is 202 Å². The number of aryl methyl sites for hydroxylation is 1. The van der Waals surface area contributed by atoms with Crippen LogP contribution in [0.3, 0.4) is 0 Å². The lowest BCUT2D eigenvalue weighted by atomic mass is 9.88. The minimum Gasteiger partial charge on any atom is -0.497 e. The highest BCUT2D eigenvalue weighted by atomic mass is 16.5. The first kappa shape index (κ1) is 22.9. The molecule has 6 nitrogen and oxygen atoms in total. The second-order valence-electron chi connectivity index (χ2n) is 9.91. The third-order valence-electron chi connectivity index (χ3n) is 7.72. The molecule has 2 saturated carbocycles. The third-order valence-corrected chi connectivity index (χ3v) is 7.72. The predicted octanol–water partition coefficient (Wildman–Crippen LogP) is 5.91. The zero-order chi connectivity index (χ0) is 23.5. The van der Waals surface area contributed by atoms with Crippen LogP contribution in [0, 0.1) is 6.92 Å². The van der Waals surface area contributed by atoms with Crippen LogP contribution in [-0.2, 0) is 11.3 Å². The van der Waals surface area contributed by atoms with E-state index in [-0.39, 0.29) is 12.5 Å². The third kappa shape index (κ3) is 4.55. The Morgan fingerprint density at radius 1 is 0.971 bits per heavy atom. The highest BCUT2D eigenvalue weighted by Gasteiger charge is 2.33. The van der Waals surface area contributed by atoms with Crippen molar-refractivity contribution in [1.29, 1.82) is 0 Å². The number of ether oxygens (including phenoxy) is 1. The van der Waals surface area contributed by atoms with Gasteiger partial charge in [0.05, 0.1) is 12.8 Å². The van der Waals surface area contributed by atoms with Gasteiger partial charge in [-0.15, -0.1) is 0 Å². The van der Waals surface area contributed by atoms with Crippen LogP contribution in [0.15, 0.2) is 36.5 Å². The van der Waals surface area contributed by atoms with Crippen molar-refractivity contribution in [3.05, 3.63) is 42.2 Å². The van der Waals surface area contributed by atoms with Gasteiger partial charge in [-0.25, -0.2) is 9.67 Å². The Morgan fingerprint density at radius 3 is 2.18 bits per heavy atom. The van der Waals surface area contributed by atoms with Crippen LogP contribution in [0.4, 0.5) is 0 Å². The smallest absolute Gasteiger partial charge is 0.244 e. The molecule has 2 fully saturated rings. The Balaban J connectivity index is 1.45. The monoisotopic (exact) mass is 460 g/mol. The molecule has 0 aliphatic heterocycles. The van der Waals surface area contributed by atoms with Crippen molar-refractivity contribution in [2.75, 3.05) is 7.11 Å². The summed E-state index contributed by atoms with van der Waals surface area (Å²) in [4.78, 5) is 20.7. The summed E-state index contributed by atoms with van der Waals surface area (Å²) in [5, 5.41) is 5.82. The van der Waals surface area contributed by atoms with E-state index < -0.39 is 0 Å². The molecule has 34 heavy (non-hydrogen) atoms. The molecule has 0 saturated heterocycles. The van der Waals surface area contributed by atoms with E-state index in [1.54, 1.807) is 7.11 Å². The maximum absolute atomic E-state index is 13.8. The van der Waals surface area contributed by atoms with Gasteiger partial charge in [0.25, 0.3) is 0 Å². The first-order valence-corrected chi connectivity index (χ1v) is 12.9. The first-order valence-electron chi connectivity index (χ1n) is 12.9. The summed E-state index contributed by atoms with van der Waals surface area (Å²) >= 11 is 0. The number of methoxy groups -OCH3 is 1. The Kier molecular flexibility index (Phi) is 6.84. The second kappa shape index (κ2) is 10.2. The number of hydrogen-bond acceptors (Lipinski definition) is 4. The van der Waals surface area contributed by atoms with Crippen molar-refractivity contribution in [1.82, 2.24) is 19.7 Å². The lowest BCUT2D eigenvalue weighted by Crippen LogP contribution is -2.50. The number of pyridine rings is 1. The first-order chi connectivity index (χ1) is 16.7. The number of carbonyl (C=O) groups excluding carboxylic acids is 1. The largest absolute Gasteiger partial charge is 0.497 e. The van der Waals surface area contributed by atoms with Crippen LogP contribution in [-0.4, -0.2) is 44.8 Å². The van der Waals surface area contributed by atoms with Gasteiger partial charge < -0.3 is 9.64 Å². The van der Waals surface area contributed by atoms with Gasteiger partial charge in [0.15, 0.2) is 5.65 Å². The van der Waals surface area contributed by atoms with Gasteiger partial charge in [-0.1, -0.05) is 50.7 Å². The maximum Gasteiger partial charge on any atom is 0.244 e. The molecule has 0 spiro atoms. The minimum absolute atomic E-state index is 0.208. The van der Waals surface area contributed by atoms with E-state index in [1.807, 2.05) is 36.0 Å². The molecule has 0 bridgehead atoms. The average molecular weight is 461 g/mol. The van der Waals surface area contributed by atoms with E-state index in [9.17, 15) is 4.79 Å². The quantitative estimate of drug-likeness (QED) is 0.459. The Hall–Kier alpha value is -2.89. The van der Waals surface area contributed by atoms with Gasteiger partial charge in [-0.3, -0.25) is 4.79 Å². The highest BCUT2D eigenvalue weighted by molar-refractivity contribution is 5.95. The summed E-state index contributed by atoms with van der Waals surface area (Å²) in [6.45, 7) is 2.27. The molecule has 2 aromatic heterocycles. The van der Waals surface area contributed by atoms with Crippen LogP contribution >= 0.6 is 0 Å². The normalized spacial score (nSPS) is 17.7. The summed E-state index contributed by atoms with van der Waals surface area (Å²) in [5.74, 6) is 1.04. The van der Waals surface area contributed by atoms with Crippen LogP contribution in [0.25, 0.3) is 22.2 Å². The van der Waals surface area contributed by atoms with Gasteiger partial charge in [-0.05, 0) is 61.9 Å². The molecule has 0 radical (unpaired) electrons. The average Bonchev–Trinajstić information content (AvgIpc) is 3.20. The summed E-state index contributed by atoms with van der Waals surface area (Å²) in [5.41, 5.74) is 3.86. The van der Waals surface area contributed by atoms with Gasteiger partial charge in [-0.2, -0.15) is 5.10 Å². The van der Waals surface area contributed by atoms with Crippen molar-refractivity contribution in [2.45, 2.75) is 89.8 Å². The van der Waals surface area contributed by atoms with Crippen molar-refractivity contribution >= 4 is 16.9 Å². The molecule has 1 amide bonds. The number of carbonyl (C=O) groups is 1. The molecule has 2 aliphatic carbocycles. The van der Waals surface area contributed by atoms with Crippen LogP contribution in [0.2, 0.25) is 0 Å². The molecule has 2 heterocycles. The Morgan fingerprint density at radius 2 is 1.59 bits per heavy atom. The minimum atomic E-state index is 0.208. The van der Waals surface area contributed by atoms with Crippen LogP contribution in [0.5, 0.6) is 5.75 Å². The van der Waals surface area contributed by atoms with Crippen molar-refractivity contribution in [3.63, 3.8) is 0 Å². The number of rotatable bonds is 6. The fourth-order valence-corrected chi connectivity index (χ4v) is 6.04. The molecule has 2 aliphatic rings. The van der Waals surface area contributed by atoms with Crippen molar-refractivity contribution < 1.29 is 9.53 Å². The van der Waals surface area contributed by atoms with E-state index in [2.05, 4.69) is 22.0 Å². The van der Waals surface area contributed by atoms with E-state index in [4.69, 9.17) is 9.84 Å². The zero-order valence-corrected chi connectivity index (χ0v) is 20.5. The molecule has 6 heteroatoms. The van der Waals surface area contributed by atoms with Crippen LogP contribution in [0.1, 0.15) is 69.9 Å². The summed E-state index contributed by atoms with van der Waals surface area (Å²) in [7, 11) is 1.68. The maximum atomic E-state index is 13.8. The molecular formula is C28H36N4O2. The topological polar surface area (TPSA) is 60.3 Å². The highest BCUT2D eigenvalue weighted by Crippen LogP contribution is 2.33. The van der Waals surface area contributed by atoms with Gasteiger partial charge in [0, 0.05) is 23.7 Å². The fourth-order valence-electron chi connectivity index (χ4n) is 6.04. The number of nitrogens with zero attached hydrogens (tertiary/aromatic N) is 4. The van der Waals surface area contributed by atoms with Gasteiger partial charge in [0.1, 0.15) is 12.3 Å². The van der Waals surface area contributed by atoms with Gasteiger partial charge in [0.2, 0.25) is 5.91 Å².